The highest BCUT2D eigenvalue weighted by atomic mass is 16.5. The van der Waals surface area contributed by atoms with Crippen molar-refractivity contribution >= 4 is 17.6 Å². The van der Waals surface area contributed by atoms with Gasteiger partial charge in [0.2, 0.25) is 0 Å². The van der Waals surface area contributed by atoms with Crippen LogP contribution in [0.1, 0.15) is 50.2 Å². The Morgan fingerprint density at radius 2 is 1.92 bits per heavy atom. The molecule has 2 rings (SSSR count). The van der Waals surface area contributed by atoms with E-state index in [9.17, 15) is 9.59 Å². The number of carbonyl (C=O) groups excluding carboxylic acids is 2. The molecule has 1 aromatic rings. The monoisotopic (exact) mass is 361 g/mol. The minimum absolute atomic E-state index is 0.0297. The third-order valence-corrected chi connectivity index (χ3v) is 5.65. The highest BCUT2D eigenvalue weighted by molar-refractivity contribution is 5.95. The van der Waals surface area contributed by atoms with E-state index < -0.39 is 0 Å². The largest absolute Gasteiger partial charge is 0.465 e. The van der Waals surface area contributed by atoms with Gasteiger partial charge in [-0.3, -0.25) is 4.79 Å². The smallest absolute Gasteiger partial charge is 0.361 e. The summed E-state index contributed by atoms with van der Waals surface area (Å²) in [6.07, 6.45) is 4.94. The minimum Gasteiger partial charge on any atom is -0.465 e. The predicted molar refractivity (Wildman–Crippen MR) is 104 cm³/mol. The van der Waals surface area contributed by atoms with E-state index in [0.717, 1.165) is 62.0 Å². The number of methoxy groups -OCH3 is 1. The number of para-hydroxylation sites is 1. The van der Waals surface area contributed by atoms with Crippen molar-refractivity contribution in [2.75, 3.05) is 32.1 Å². The SMILES string of the molecule is CCCC[N+]1(CC(=O)OC)CCCCC1C(=O)Nc1c(C)cccc1C. The molecule has 0 bridgehead atoms. The van der Waals surface area contributed by atoms with E-state index in [4.69, 9.17) is 4.74 Å². The zero-order chi connectivity index (χ0) is 19.2. The lowest BCUT2D eigenvalue weighted by Gasteiger charge is -2.46. The van der Waals surface area contributed by atoms with Crippen LogP contribution in [-0.4, -0.2) is 49.1 Å². The number of amides is 1. The number of piperidine rings is 1. The molecule has 5 nitrogen and oxygen atoms in total. The maximum Gasteiger partial charge on any atom is 0.361 e. The maximum atomic E-state index is 13.2. The molecule has 0 aliphatic carbocycles. The number of rotatable bonds is 7. The Balaban J connectivity index is 2.28. The van der Waals surface area contributed by atoms with Crippen LogP contribution < -0.4 is 5.32 Å². The van der Waals surface area contributed by atoms with Crippen molar-refractivity contribution in [2.45, 2.75) is 58.9 Å². The molecule has 0 radical (unpaired) electrons. The van der Waals surface area contributed by atoms with E-state index in [-0.39, 0.29) is 24.5 Å². The number of aryl methyl sites for hydroxylation is 2. The van der Waals surface area contributed by atoms with E-state index in [2.05, 4.69) is 12.2 Å². The highest BCUT2D eigenvalue weighted by Crippen LogP contribution is 2.29. The molecule has 144 valence electrons. The van der Waals surface area contributed by atoms with Gasteiger partial charge in [-0.2, -0.15) is 0 Å². The Bertz CT molecular complexity index is 624. The number of carbonyl (C=O) groups is 2. The van der Waals surface area contributed by atoms with E-state index in [1.807, 2.05) is 32.0 Å². The molecule has 1 fully saturated rings. The molecule has 2 atom stereocenters. The molecule has 1 aliphatic rings. The summed E-state index contributed by atoms with van der Waals surface area (Å²) < 4.78 is 5.48. The summed E-state index contributed by atoms with van der Waals surface area (Å²) in [7, 11) is 1.42. The molecular formula is C21H33N2O3+. The summed E-state index contributed by atoms with van der Waals surface area (Å²) in [6.45, 7) is 8.15. The average Bonchev–Trinajstić information content (AvgIpc) is 2.63. The molecule has 1 amide bonds. The normalized spacial score (nSPS) is 22.7. The van der Waals surface area contributed by atoms with Gasteiger partial charge in [0.1, 0.15) is 0 Å². The van der Waals surface area contributed by atoms with Gasteiger partial charge in [0, 0.05) is 12.1 Å². The fraction of sp³-hybridized carbons (Fsp3) is 0.619. The molecule has 5 heteroatoms. The fourth-order valence-corrected chi connectivity index (χ4v) is 4.12. The van der Waals surface area contributed by atoms with Gasteiger partial charge in [0.25, 0.3) is 5.91 Å². The topological polar surface area (TPSA) is 55.4 Å². The minimum atomic E-state index is -0.229. The molecule has 26 heavy (non-hydrogen) atoms. The number of nitrogens with one attached hydrogen (secondary N) is 1. The van der Waals surface area contributed by atoms with Crippen LogP contribution in [0.2, 0.25) is 0 Å². The van der Waals surface area contributed by atoms with Gasteiger partial charge < -0.3 is 14.5 Å². The molecule has 1 aromatic carbocycles. The molecule has 1 aliphatic heterocycles. The molecule has 1 N–H and O–H groups in total. The van der Waals surface area contributed by atoms with Crippen molar-refractivity contribution in [3.63, 3.8) is 0 Å². The third-order valence-electron chi connectivity index (χ3n) is 5.65. The number of anilines is 1. The standard InChI is InChI=1S/C21H32N2O3/c1-5-6-13-23(15-19(24)26-4)14-8-7-12-18(23)21(25)22-20-16(2)10-9-11-17(20)3/h9-11,18H,5-8,12-15H2,1-4H3/p+1. The lowest BCUT2D eigenvalue weighted by atomic mass is 9.95. The van der Waals surface area contributed by atoms with Gasteiger partial charge in [-0.05, 0) is 44.2 Å². The Morgan fingerprint density at radius 3 is 2.54 bits per heavy atom. The first-order valence-electron chi connectivity index (χ1n) is 9.73. The summed E-state index contributed by atoms with van der Waals surface area (Å²) in [6, 6.07) is 5.82. The summed E-state index contributed by atoms with van der Waals surface area (Å²) >= 11 is 0. The Morgan fingerprint density at radius 1 is 1.23 bits per heavy atom. The van der Waals surface area contributed by atoms with Crippen LogP contribution in [0.15, 0.2) is 18.2 Å². The van der Waals surface area contributed by atoms with Gasteiger partial charge in [-0.25, -0.2) is 4.79 Å². The van der Waals surface area contributed by atoms with Crippen molar-refractivity contribution in [1.29, 1.82) is 0 Å². The third kappa shape index (κ3) is 4.64. The number of benzene rings is 1. The van der Waals surface area contributed by atoms with Crippen molar-refractivity contribution < 1.29 is 18.8 Å². The number of likely N-dealkylation sites (tertiary alicyclic amines) is 1. The lowest BCUT2D eigenvalue weighted by Crippen LogP contribution is -2.64. The summed E-state index contributed by atoms with van der Waals surface area (Å²) in [5.41, 5.74) is 3.03. The molecule has 1 heterocycles. The zero-order valence-corrected chi connectivity index (χ0v) is 16.6. The first-order valence-corrected chi connectivity index (χ1v) is 9.73. The second-order valence-electron chi connectivity index (χ2n) is 7.52. The Kier molecular flexibility index (Phi) is 7.21. The predicted octanol–water partition coefficient (Wildman–Crippen LogP) is 3.58. The van der Waals surface area contributed by atoms with Crippen molar-refractivity contribution in [3.05, 3.63) is 29.3 Å². The first kappa shape index (κ1) is 20.4. The molecule has 0 saturated carbocycles. The van der Waals surface area contributed by atoms with Gasteiger partial charge in [-0.1, -0.05) is 31.5 Å². The number of nitrogens with zero attached hydrogens (tertiary/aromatic N) is 1. The number of hydrogen-bond donors (Lipinski definition) is 1. The summed E-state index contributed by atoms with van der Waals surface area (Å²) in [4.78, 5) is 25.4. The first-order chi connectivity index (χ1) is 12.4. The molecular weight excluding hydrogens is 328 g/mol. The molecule has 0 aromatic heterocycles. The van der Waals surface area contributed by atoms with Gasteiger partial charge >= 0.3 is 5.97 Å². The van der Waals surface area contributed by atoms with Crippen LogP contribution in [0.25, 0.3) is 0 Å². The van der Waals surface area contributed by atoms with E-state index in [1.54, 1.807) is 0 Å². The van der Waals surface area contributed by atoms with Crippen LogP contribution in [0, 0.1) is 13.8 Å². The van der Waals surface area contributed by atoms with E-state index >= 15 is 0 Å². The number of ether oxygens (including phenoxy) is 1. The van der Waals surface area contributed by atoms with Crippen molar-refractivity contribution in [1.82, 2.24) is 0 Å². The molecule has 0 spiro atoms. The van der Waals surface area contributed by atoms with E-state index in [0.29, 0.717) is 4.48 Å². The Hall–Kier alpha value is -1.88. The molecule has 2 unspecified atom stereocenters. The molecule has 1 saturated heterocycles. The summed E-state index contributed by atoms with van der Waals surface area (Å²) in [5.74, 6) is -0.199. The van der Waals surface area contributed by atoms with Crippen LogP contribution in [-0.2, 0) is 14.3 Å². The van der Waals surface area contributed by atoms with E-state index in [1.165, 1.54) is 7.11 Å². The highest BCUT2D eigenvalue weighted by Gasteiger charge is 2.45. The second-order valence-corrected chi connectivity index (χ2v) is 7.52. The maximum absolute atomic E-state index is 13.2. The zero-order valence-electron chi connectivity index (χ0n) is 16.6. The number of esters is 1. The number of quaternary nitrogens is 1. The lowest BCUT2D eigenvalue weighted by molar-refractivity contribution is -0.940. The summed E-state index contributed by atoms with van der Waals surface area (Å²) in [5, 5.41) is 3.16. The van der Waals surface area contributed by atoms with Crippen LogP contribution in [0.5, 0.6) is 0 Å². The Labute approximate surface area is 157 Å². The number of unbranched alkanes of at least 4 members (excludes halogenated alkanes) is 1. The number of hydrogen-bond acceptors (Lipinski definition) is 3. The van der Waals surface area contributed by atoms with Crippen LogP contribution in [0.3, 0.4) is 0 Å². The average molecular weight is 362 g/mol. The van der Waals surface area contributed by atoms with Crippen molar-refractivity contribution in [3.8, 4) is 0 Å². The van der Waals surface area contributed by atoms with Crippen LogP contribution >= 0.6 is 0 Å². The van der Waals surface area contributed by atoms with Crippen molar-refractivity contribution in [2.24, 2.45) is 0 Å². The van der Waals surface area contributed by atoms with Gasteiger partial charge in [0.05, 0.1) is 20.2 Å². The quantitative estimate of drug-likeness (QED) is 0.596. The van der Waals surface area contributed by atoms with Gasteiger partial charge in [0.15, 0.2) is 12.6 Å². The second kappa shape index (κ2) is 9.17. The van der Waals surface area contributed by atoms with Crippen LogP contribution in [0.4, 0.5) is 5.69 Å². The van der Waals surface area contributed by atoms with Gasteiger partial charge in [-0.15, -0.1) is 0 Å². The fourth-order valence-electron chi connectivity index (χ4n) is 4.12.